The zero-order valence-electron chi connectivity index (χ0n) is 32.6. The van der Waals surface area contributed by atoms with Crippen molar-refractivity contribution in [1.29, 1.82) is 0 Å². The van der Waals surface area contributed by atoms with E-state index in [0.29, 0.717) is 17.5 Å². The van der Waals surface area contributed by atoms with Gasteiger partial charge in [-0.2, -0.15) is 0 Å². The van der Waals surface area contributed by atoms with Crippen LogP contribution in [-0.4, -0.2) is 15.0 Å². The predicted octanol–water partition coefficient (Wildman–Crippen LogP) is 9.76. The van der Waals surface area contributed by atoms with Gasteiger partial charge in [-0.25, -0.2) is 15.0 Å². The number of para-hydroxylation sites is 2. The summed E-state index contributed by atoms with van der Waals surface area (Å²) in [7, 11) is 0. The van der Waals surface area contributed by atoms with Crippen molar-refractivity contribution in [3.63, 3.8) is 0 Å². The number of nitrogens with zero attached hydrogens (tertiary/aromatic N) is 4. The number of hydrogen-bond donors (Lipinski definition) is 0. The van der Waals surface area contributed by atoms with E-state index in [1.165, 1.54) is 51.9 Å². The number of anilines is 3. The summed E-state index contributed by atoms with van der Waals surface area (Å²) >= 11 is -0.222. The summed E-state index contributed by atoms with van der Waals surface area (Å²) < 4.78 is 2.99. The fourth-order valence-corrected chi connectivity index (χ4v) is 12.1. The number of hydrogen-bond acceptors (Lipinski definition) is 4. The van der Waals surface area contributed by atoms with E-state index in [2.05, 4.69) is 176 Å². The number of aromatic nitrogens is 3. The minimum absolute atomic E-state index is 0.222. The van der Waals surface area contributed by atoms with Crippen LogP contribution in [0.2, 0.25) is 0 Å². The molecule has 11 rings (SSSR count). The van der Waals surface area contributed by atoms with E-state index in [9.17, 15) is 0 Å². The molecule has 3 heterocycles. The monoisotopic (exact) mass is 869 g/mol. The minimum atomic E-state index is -0.565. The second-order valence-electron chi connectivity index (χ2n) is 15.3. The number of aryl methyl sites for hydroxylation is 2. The van der Waals surface area contributed by atoms with Crippen molar-refractivity contribution in [2.75, 3.05) is 4.90 Å². The Hall–Kier alpha value is -6.70. The first kappa shape index (κ1) is 35.5. The normalized spacial score (nSPS) is 13.4. The third-order valence-electron chi connectivity index (χ3n) is 11.7. The van der Waals surface area contributed by atoms with Crippen molar-refractivity contribution in [2.45, 2.75) is 19.3 Å². The van der Waals surface area contributed by atoms with E-state index in [-0.39, 0.29) is 21.2 Å². The van der Waals surface area contributed by atoms with Gasteiger partial charge in [-0.1, -0.05) is 60.7 Å². The maximum absolute atomic E-state index is 5.09. The summed E-state index contributed by atoms with van der Waals surface area (Å²) in [6, 6.07) is 70.3. The molecule has 8 aromatic carbocycles. The van der Waals surface area contributed by atoms with E-state index < -0.39 is 5.41 Å². The van der Waals surface area contributed by atoms with Crippen LogP contribution in [0.15, 0.2) is 194 Å². The quantitative estimate of drug-likeness (QED) is 0.156. The molecule has 0 fully saturated rings. The average Bonchev–Trinajstić information content (AvgIpc) is 3.67. The van der Waals surface area contributed by atoms with Gasteiger partial charge in [-0.05, 0) is 0 Å². The molecule has 1 aromatic heterocycles. The topological polar surface area (TPSA) is 41.9 Å². The van der Waals surface area contributed by atoms with Gasteiger partial charge in [0.05, 0.1) is 0 Å². The molecule has 2 aliphatic rings. The van der Waals surface area contributed by atoms with Crippen LogP contribution in [0.25, 0.3) is 45.3 Å². The Morgan fingerprint density at radius 3 is 1.47 bits per heavy atom. The van der Waals surface area contributed by atoms with Crippen LogP contribution < -0.4 is 26.1 Å². The van der Waals surface area contributed by atoms with Gasteiger partial charge in [0, 0.05) is 11.1 Å². The summed E-state index contributed by atoms with van der Waals surface area (Å²) in [6.45, 7) is 4.43. The molecule has 9 aromatic rings. The summed E-state index contributed by atoms with van der Waals surface area (Å²) in [5.41, 5.74) is 15.9. The molecule has 0 spiro atoms. The number of halogens is 1. The van der Waals surface area contributed by atoms with E-state index >= 15 is 0 Å². The van der Waals surface area contributed by atoms with Crippen LogP contribution in [-0.2, 0) is 5.41 Å². The fraction of sp³-hybridized carbons (Fsp3) is 0.0556. The standard InChI is InChI=1S/C54H38IN4/c1-35-32-39(53-57-51(37-18-6-3-7-19-37)56-52(58-53)38-20-8-4-9-21-38)33-36(2)50(35)59-48-28-16-13-25-44(48)54(40-22-10-5-11-23-40,45-26-14-17-29-49(45)59)41-30-31-47-43(34-41)42-24-12-15-27-46(42)55-47/h3-34H,1-2H3/q-1. The Balaban J connectivity index is 1.11. The van der Waals surface area contributed by atoms with E-state index in [1.807, 2.05) is 36.4 Å². The molecule has 5 heteroatoms. The average molecular weight is 870 g/mol. The van der Waals surface area contributed by atoms with Crippen LogP contribution in [0.3, 0.4) is 0 Å². The van der Waals surface area contributed by atoms with Gasteiger partial charge in [-0.15, -0.1) is 0 Å². The van der Waals surface area contributed by atoms with Crippen LogP contribution in [0, 0.1) is 21.0 Å². The SMILES string of the molecule is Cc1cc(-c2nc(-c3ccccc3)nc(-c3ccccc3)n2)cc(C)c1N1c2ccccc2C(c2ccccc2)(c2ccc3c(c2)-c2ccccc2[I-]3)c2ccccc21. The van der Waals surface area contributed by atoms with Crippen LogP contribution in [0.5, 0.6) is 0 Å². The second-order valence-corrected chi connectivity index (χ2v) is 18.1. The Labute approximate surface area is 355 Å². The van der Waals surface area contributed by atoms with Gasteiger partial charge in [0.2, 0.25) is 0 Å². The number of rotatable bonds is 6. The van der Waals surface area contributed by atoms with Gasteiger partial charge in [0.15, 0.2) is 17.5 Å². The maximum atomic E-state index is 5.09. The Morgan fingerprint density at radius 2 is 0.881 bits per heavy atom. The molecule has 4 nitrogen and oxygen atoms in total. The molecule has 59 heavy (non-hydrogen) atoms. The number of fused-ring (bicyclic) bond motifs is 5. The molecule has 0 radical (unpaired) electrons. The van der Waals surface area contributed by atoms with Crippen LogP contribution >= 0.6 is 0 Å². The molecule has 282 valence electrons. The molecule has 2 aliphatic heterocycles. The van der Waals surface area contributed by atoms with E-state index in [0.717, 1.165) is 33.5 Å². The summed E-state index contributed by atoms with van der Waals surface area (Å²) in [5, 5.41) is 0. The van der Waals surface area contributed by atoms with E-state index in [4.69, 9.17) is 15.0 Å². The Morgan fingerprint density at radius 1 is 0.407 bits per heavy atom. The van der Waals surface area contributed by atoms with Gasteiger partial charge in [-0.3, -0.25) is 0 Å². The van der Waals surface area contributed by atoms with Gasteiger partial charge < -0.3 is 0 Å². The molecule has 0 N–H and O–H groups in total. The fourth-order valence-electron chi connectivity index (χ4n) is 9.26. The van der Waals surface area contributed by atoms with Gasteiger partial charge in [0.1, 0.15) is 0 Å². The third-order valence-corrected chi connectivity index (χ3v) is 14.8. The van der Waals surface area contributed by atoms with Crippen molar-refractivity contribution in [3.8, 4) is 45.3 Å². The van der Waals surface area contributed by atoms with Crippen molar-refractivity contribution in [1.82, 2.24) is 15.0 Å². The van der Waals surface area contributed by atoms with Crippen molar-refractivity contribution in [2.24, 2.45) is 0 Å². The summed E-state index contributed by atoms with van der Waals surface area (Å²) in [6.07, 6.45) is 0. The summed E-state index contributed by atoms with van der Waals surface area (Å²) in [5.74, 6) is 1.96. The second kappa shape index (κ2) is 14.3. The Kier molecular flexibility index (Phi) is 8.59. The molecule has 0 amide bonds. The molecule has 0 saturated heterocycles. The molecule has 0 atom stereocenters. The van der Waals surface area contributed by atoms with Crippen molar-refractivity contribution < 1.29 is 21.2 Å². The van der Waals surface area contributed by atoms with Gasteiger partial charge in [0.25, 0.3) is 0 Å². The predicted molar refractivity (Wildman–Crippen MR) is 235 cm³/mol. The molecule has 0 aliphatic carbocycles. The van der Waals surface area contributed by atoms with Gasteiger partial charge >= 0.3 is 253 Å². The first-order valence-corrected chi connectivity index (χ1v) is 22.2. The zero-order chi connectivity index (χ0) is 39.5. The summed E-state index contributed by atoms with van der Waals surface area (Å²) in [4.78, 5) is 17.6. The molecule has 0 bridgehead atoms. The van der Waals surface area contributed by atoms with Crippen LogP contribution in [0.1, 0.15) is 33.4 Å². The van der Waals surface area contributed by atoms with Crippen molar-refractivity contribution in [3.05, 3.63) is 235 Å². The molecule has 0 saturated carbocycles. The first-order chi connectivity index (χ1) is 29.1. The zero-order valence-corrected chi connectivity index (χ0v) is 34.8. The third kappa shape index (κ3) is 5.75. The molecular weight excluding hydrogens is 832 g/mol. The molecular formula is C54H38IN4-. The first-order valence-electron chi connectivity index (χ1n) is 20.0. The number of benzene rings is 8. The Bertz CT molecular complexity index is 2930. The molecule has 0 unspecified atom stereocenters. The van der Waals surface area contributed by atoms with E-state index in [1.54, 1.807) is 0 Å². The van der Waals surface area contributed by atoms with Crippen LogP contribution in [0.4, 0.5) is 17.1 Å². The van der Waals surface area contributed by atoms with Crippen molar-refractivity contribution >= 4 is 17.1 Å².